The van der Waals surface area contributed by atoms with Crippen LogP contribution in [0.3, 0.4) is 0 Å². The lowest BCUT2D eigenvalue weighted by Crippen LogP contribution is -2.50. The lowest BCUT2D eigenvalue weighted by atomic mass is 10.4. The van der Waals surface area contributed by atoms with E-state index in [0.29, 0.717) is 0 Å². The number of benzene rings is 1. The highest BCUT2D eigenvalue weighted by Crippen LogP contribution is 2.23. The van der Waals surface area contributed by atoms with E-state index in [1.54, 1.807) is 12.1 Å². The van der Waals surface area contributed by atoms with Crippen LogP contribution in [0.2, 0.25) is 0 Å². The molecule has 0 atom stereocenters. The molecule has 0 saturated carbocycles. The molecule has 1 fully saturated rings. The highest BCUT2D eigenvalue weighted by Gasteiger charge is 2.34. The summed E-state index contributed by atoms with van der Waals surface area (Å²) in [7, 11) is -6.03. The minimum absolute atomic E-state index is 0.0128. The van der Waals surface area contributed by atoms with Crippen LogP contribution in [0.4, 0.5) is 0 Å². The molecule has 0 bridgehead atoms. The molecule has 1 amide bonds. The summed E-state index contributed by atoms with van der Waals surface area (Å²) in [5, 5.41) is 0. The smallest absolute Gasteiger partial charge is 0.265 e. The molecule has 152 valence electrons. The Morgan fingerprint density at radius 2 is 1.39 bits per heavy atom. The maximum atomic E-state index is 12.8. The molecule has 28 heavy (non-hydrogen) atoms. The Kier molecular flexibility index (Phi) is 5.69. The molecule has 1 saturated heterocycles. The summed E-state index contributed by atoms with van der Waals surface area (Å²) >= 11 is 3.26. The lowest BCUT2D eigenvalue weighted by Gasteiger charge is -2.33. The van der Waals surface area contributed by atoms with Gasteiger partial charge in [0.15, 0.2) is 0 Å². The quantitative estimate of drug-likeness (QED) is 0.656. The molecular weight excluding hydrogens is 472 g/mol. The number of primary amides is 1. The summed E-state index contributed by atoms with van der Waals surface area (Å²) in [5.41, 5.74) is 5.31. The highest BCUT2D eigenvalue weighted by molar-refractivity contribution is 9.10. The summed E-state index contributed by atoms with van der Waals surface area (Å²) in [6.07, 6.45) is 1.32. The summed E-state index contributed by atoms with van der Waals surface area (Å²) in [4.78, 5) is 11.5. The van der Waals surface area contributed by atoms with Gasteiger partial charge in [0, 0.05) is 43.9 Å². The molecule has 12 heteroatoms. The first kappa shape index (κ1) is 21.0. The van der Waals surface area contributed by atoms with Crippen LogP contribution in [-0.4, -0.2) is 62.1 Å². The van der Waals surface area contributed by atoms with Crippen molar-refractivity contribution >= 4 is 41.9 Å². The molecule has 2 heterocycles. The van der Waals surface area contributed by atoms with Crippen LogP contribution in [0.15, 0.2) is 50.8 Å². The van der Waals surface area contributed by atoms with E-state index in [2.05, 4.69) is 15.9 Å². The fraction of sp³-hybridized carbons (Fsp3) is 0.312. The number of halogens is 1. The van der Waals surface area contributed by atoms with Gasteiger partial charge in [-0.2, -0.15) is 8.61 Å². The van der Waals surface area contributed by atoms with E-state index in [1.807, 2.05) is 0 Å². The number of carbonyl (C=O) groups is 1. The lowest BCUT2D eigenvalue weighted by molar-refractivity contribution is 0.0992. The van der Waals surface area contributed by atoms with Crippen molar-refractivity contribution in [1.82, 2.24) is 13.2 Å². The molecule has 0 radical (unpaired) electrons. The van der Waals surface area contributed by atoms with E-state index in [0.717, 1.165) is 4.47 Å². The minimum Gasteiger partial charge on any atom is -0.364 e. The van der Waals surface area contributed by atoms with Crippen molar-refractivity contribution < 1.29 is 21.6 Å². The second-order valence-corrected chi connectivity index (χ2v) is 11.1. The van der Waals surface area contributed by atoms with Crippen LogP contribution in [0.25, 0.3) is 0 Å². The number of rotatable bonds is 5. The normalized spacial score (nSPS) is 16.9. The van der Waals surface area contributed by atoms with Crippen molar-refractivity contribution in [2.75, 3.05) is 26.2 Å². The Balaban J connectivity index is 1.77. The second-order valence-electron chi connectivity index (χ2n) is 6.30. The Morgan fingerprint density at radius 3 is 1.82 bits per heavy atom. The zero-order valence-electron chi connectivity index (χ0n) is 14.9. The van der Waals surface area contributed by atoms with Gasteiger partial charge in [0.2, 0.25) is 20.0 Å². The number of nitrogens with two attached hydrogens (primary N) is 1. The van der Waals surface area contributed by atoms with Gasteiger partial charge in [-0.1, -0.05) is 15.9 Å². The zero-order valence-corrected chi connectivity index (χ0v) is 18.2. The number of piperazine rings is 1. The number of hydrogen-bond acceptors (Lipinski definition) is 5. The highest BCUT2D eigenvalue weighted by atomic mass is 79.9. The third-order valence-electron chi connectivity index (χ3n) is 4.52. The van der Waals surface area contributed by atoms with Crippen LogP contribution < -0.4 is 5.73 Å². The van der Waals surface area contributed by atoms with E-state index in [9.17, 15) is 21.6 Å². The van der Waals surface area contributed by atoms with E-state index in [4.69, 9.17) is 5.73 Å². The van der Waals surface area contributed by atoms with Crippen LogP contribution >= 0.6 is 15.9 Å². The molecule has 3 rings (SSSR count). The maximum Gasteiger partial charge on any atom is 0.265 e. The summed E-state index contributed by atoms with van der Waals surface area (Å²) in [6.45, 7) is 0.0953. The topological polar surface area (TPSA) is 123 Å². The Hall–Kier alpha value is -1.73. The van der Waals surface area contributed by atoms with E-state index in [-0.39, 0.29) is 41.7 Å². The summed E-state index contributed by atoms with van der Waals surface area (Å²) in [6, 6.07) is 7.50. The van der Waals surface area contributed by atoms with E-state index < -0.39 is 26.0 Å². The summed E-state index contributed by atoms with van der Waals surface area (Å²) < 4.78 is 55.7. The number of aryl methyl sites for hydroxylation is 1. The molecular formula is C16H19BrN4O5S2. The minimum atomic E-state index is -3.86. The van der Waals surface area contributed by atoms with Gasteiger partial charge in [0.1, 0.15) is 10.6 Å². The average molecular weight is 491 g/mol. The molecule has 0 unspecified atom stereocenters. The molecule has 0 spiro atoms. The Labute approximate surface area is 172 Å². The standard InChI is InChI=1S/C16H19BrN4O5S2/c1-19-11-14(10-15(19)16(18)22)28(25,26)21-8-6-20(7-9-21)27(23,24)13-4-2-12(17)3-5-13/h2-5,10-11H,6-9H2,1H3,(H2,18,22). The first-order valence-electron chi connectivity index (χ1n) is 8.25. The number of carbonyl (C=O) groups excluding carboxylic acids is 1. The SMILES string of the molecule is Cn1cc(S(=O)(=O)N2CCN(S(=O)(=O)c3ccc(Br)cc3)CC2)cc1C(N)=O. The maximum absolute atomic E-state index is 12.8. The molecule has 1 aliphatic heterocycles. The van der Waals surface area contributed by atoms with Crippen LogP contribution in [0, 0.1) is 0 Å². The third kappa shape index (κ3) is 3.87. The molecule has 1 aromatic carbocycles. The number of amides is 1. The van der Waals surface area contributed by atoms with E-state index >= 15 is 0 Å². The van der Waals surface area contributed by atoms with Crippen molar-refractivity contribution in [3.05, 3.63) is 46.7 Å². The van der Waals surface area contributed by atoms with Crippen molar-refractivity contribution in [2.24, 2.45) is 12.8 Å². The predicted octanol–water partition coefficient (Wildman–Crippen LogP) is 0.582. The zero-order chi connectivity index (χ0) is 20.7. The van der Waals surface area contributed by atoms with Gasteiger partial charge in [-0.05, 0) is 30.3 Å². The van der Waals surface area contributed by atoms with Gasteiger partial charge in [0.25, 0.3) is 5.91 Å². The Bertz CT molecular complexity index is 1100. The van der Waals surface area contributed by atoms with Gasteiger partial charge < -0.3 is 10.3 Å². The molecule has 2 N–H and O–H groups in total. The van der Waals surface area contributed by atoms with Gasteiger partial charge in [-0.3, -0.25) is 4.79 Å². The first-order valence-corrected chi connectivity index (χ1v) is 11.9. The monoisotopic (exact) mass is 490 g/mol. The number of sulfonamides is 2. The first-order chi connectivity index (χ1) is 13.0. The molecule has 0 aliphatic carbocycles. The van der Waals surface area contributed by atoms with Crippen LogP contribution in [0.1, 0.15) is 10.5 Å². The fourth-order valence-electron chi connectivity index (χ4n) is 2.98. The third-order valence-corrected chi connectivity index (χ3v) is 8.82. The van der Waals surface area contributed by atoms with Gasteiger partial charge in [0.05, 0.1) is 4.90 Å². The number of hydrogen-bond donors (Lipinski definition) is 1. The fourth-order valence-corrected chi connectivity index (χ4v) is 6.16. The van der Waals surface area contributed by atoms with Crippen molar-refractivity contribution in [2.45, 2.75) is 9.79 Å². The second kappa shape index (κ2) is 7.59. The van der Waals surface area contributed by atoms with Crippen LogP contribution in [0.5, 0.6) is 0 Å². The van der Waals surface area contributed by atoms with E-state index in [1.165, 1.54) is 44.6 Å². The molecule has 1 aliphatic rings. The average Bonchev–Trinajstić information content (AvgIpc) is 3.05. The number of aromatic nitrogens is 1. The predicted molar refractivity (Wildman–Crippen MR) is 106 cm³/mol. The Morgan fingerprint density at radius 1 is 0.929 bits per heavy atom. The largest absolute Gasteiger partial charge is 0.364 e. The van der Waals surface area contributed by atoms with Crippen molar-refractivity contribution in [3.63, 3.8) is 0 Å². The van der Waals surface area contributed by atoms with Crippen molar-refractivity contribution in [1.29, 1.82) is 0 Å². The van der Waals surface area contributed by atoms with Gasteiger partial charge in [-0.15, -0.1) is 0 Å². The van der Waals surface area contributed by atoms with Gasteiger partial charge >= 0.3 is 0 Å². The molecule has 9 nitrogen and oxygen atoms in total. The number of nitrogens with zero attached hydrogens (tertiary/aromatic N) is 3. The van der Waals surface area contributed by atoms with Crippen molar-refractivity contribution in [3.8, 4) is 0 Å². The molecule has 2 aromatic rings. The molecule has 1 aromatic heterocycles. The van der Waals surface area contributed by atoms with Crippen LogP contribution in [-0.2, 0) is 27.1 Å². The summed E-state index contributed by atoms with van der Waals surface area (Å²) in [5.74, 6) is -0.727. The van der Waals surface area contributed by atoms with Gasteiger partial charge in [-0.25, -0.2) is 16.8 Å².